The van der Waals surface area contributed by atoms with Crippen LogP contribution in [0.25, 0.3) is 11.3 Å². The third kappa shape index (κ3) is 1.66. The van der Waals surface area contributed by atoms with E-state index in [9.17, 15) is 4.39 Å². The summed E-state index contributed by atoms with van der Waals surface area (Å²) in [5.41, 5.74) is 7.18. The predicted octanol–water partition coefficient (Wildman–Crippen LogP) is 1.86. The molecule has 4 nitrogen and oxygen atoms in total. The SMILES string of the molecule is Cn1nncc1-c1cc(F)cc(Cl)c1N. The summed E-state index contributed by atoms with van der Waals surface area (Å²) in [6, 6.07) is 2.48. The molecule has 0 aliphatic rings. The van der Waals surface area contributed by atoms with Crippen molar-refractivity contribution in [3.05, 3.63) is 29.2 Å². The van der Waals surface area contributed by atoms with Crippen LogP contribution in [0.2, 0.25) is 5.02 Å². The number of nitrogens with two attached hydrogens (primary N) is 1. The predicted molar refractivity (Wildman–Crippen MR) is 55.8 cm³/mol. The van der Waals surface area contributed by atoms with Crippen LogP contribution in [-0.2, 0) is 7.05 Å². The maximum absolute atomic E-state index is 13.1. The summed E-state index contributed by atoms with van der Waals surface area (Å²) in [6.45, 7) is 0. The highest BCUT2D eigenvalue weighted by atomic mass is 35.5. The van der Waals surface area contributed by atoms with Gasteiger partial charge in [0, 0.05) is 12.6 Å². The summed E-state index contributed by atoms with van der Waals surface area (Å²) < 4.78 is 14.6. The second-order valence-corrected chi connectivity index (χ2v) is 3.50. The maximum Gasteiger partial charge on any atom is 0.125 e. The normalized spacial score (nSPS) is 10.6. The van der Waals surface area contributed by atoms with E-state index in [4.69, 9.17) is 17.3 Å². The fourth-order valence-electron chi connectivity index (χ4n) is 1.33. The molecule has 6 heteroatoms. The van der Waals surface area contributed by atoms with Crippen LogP contribution in [0.1, 0.15) is 0 Å². The van der Waals surface area contributed by atoms with Crippen LogP contribution in [-0.4, -0.2) is 15.0 Å². The smallest absolute Gasteiger partial charge is 0.125 e. The van der Waals surface area contributed by atoms with Crippen LogP contribution in [0.15, 0.2) is 18.3 Å². The molecule has 2 rings (SSSR count). The highest BCUT2D eigenvalue weighted by Gasteiger charge is 2.12. The molecule has 1 heterocycles. The molecule has 15 heavy (non-hydrogen) atoms. The number of aromatic nitrogens is 3. The lowest BCUT2D eigenvalue weighted by atomic mass is 10.1. The van der Waals surface area contributed by atoms with E-state index in [1.54, 1.807) is 7.05 Å². The van der Waals surface area contributed by atoms with Gasteiger partial charge < -0.3 is 5.73 Å². The quantitative estimate of drug-likeness (QED) is 0.755. The topological polar surface area (TPSA) is 56.7 Å². The monoisotopic (exact) mass is 226 g/mol. The van der Waals surface area contributed by atoms with Gasteiger partial charge in [0.25, 0.3) is 0 Å². The van der Waals surface area contributed by atoms with Crippen molar-refractivity contribution in [2.45, 2.75) is 0 Å². The molecule has 0 amide bonds. The van der Waals surface area contributed by atoms with Crippen LogP contribution >= 0.6 is 11.6 Å². The van der Waals surface area contributed by atoms with Gasteiger partial charge >= 0.3 is 0 Å². The van der Waals surface area contributed by atoms with Gasteiger partial charge in [0.2, 0.25) is 0 Å². The van der Waals surface area contributed by atoms with Gasteiger partial charge in [-0.15, -0.1) is 5.10 Å². The lowest BCUT2D eigenvalue weighted by Crippen LogP contribution is -1.98. The van der Waals surface area contributed by atoms with E-state index in [1.165, 1.54) is 23.0 Å². The third-order valence-electron chi connectivity index (χ3n) is 2.08. The largest absolute Gasteiger partial charge is 0.397 e. The minimum Gasteiger partial charge on any atom is -0.397 e. The Balaban J connectivity index is 2.68. The van der Waals surface area contributed by atoms with E-state index < -0.39 is 5.82 Å². The molecule has 0 radical (unpaired) electrons. The highest BCUT2D eigenvalue weighted by molar-refractivity contribution is 6.33. The lowest BCUT2D eigenvalue weighted by Gasteiger charge is -2.06. The van der Waals surface area contributed by atoms with Crippen LogP contribution in [0.4, 0.5) is 10.1 Å². The second kappa shape index (κ2) is 3.51. The van der Waals surface area contributed by atoms with Gasteiger partial charge in [-0.3, -0.25) is 0 Å². The molecule has 78 valence electrons. The third-order valence-corrected chi connectivity index (χ3v) is 2.40. The second-order valence-electron chi connectivity index (χ2n) is 3.09. The average molecular weight is 227 g/mol. The molecule has 1 aromatic carbocycles. The van der Waals surface area contributed by atoms with Crippen LogP contribution in [0.3, 0.4) is 0 Å². The van der Waals surface area contributed by atoms with E-state index in [0.717, 1.165) is 0 Å². The maximum atomic E-state index is 13.1. The zero-order chi connectivity index (χ0) is 11.0. The average Bonchev–Trinajstić information content (AvgIpc) is 2.58. The van der Waals surface area contributed by atoms with Crippen LogP contribution in [0, 0.1) is 5.82 Å². The van der Waals surface area contributed by atoms with E-state index >= 15 is 0 Å². The standard InChI is InChI=1S/C9H8ClFN4/c1-15-8(4-13-14-15)6-2-5(11)3-7(10)9(6)12/h2-4H,12H2,1H3. The Morgan fingerprint density at radius 3 is 2.80 bits per heavy atom. The van der Waals surface area contributed by atoms with Crippen molar-refractivity contribution in [2.24, 2.45) is 7.05 Å². The summed E-state index contributed by atoms with van der Waals surface area (Å²) in [5.74, 6) is -0.439. The number of aryl methyl sites for hydroxylation is 1. The van der Waals surface area contributed by atoms with Crippen molar-refractivity contribution in [3.63, 3.8) is 0 Å². The first-order valence-corrected chi connectivity index (χ1v) is 4.57. The van der Waals surface area contributed by atoms with Gasteiger partial charge in [0.05, 0.1) is 22.6 Å². The highest BCUT2D eigenvalue weighted by Crippen LogP contribution is 2.31. The molecular formula is C9H8ClFN4. The lowest BCUT2D eigenvalue weighted by molar-refractivity contribution is 0.628. The van der Waals surface area contributed by atoms with Crippen molar-refractivity contribution in [1.82, 2.24) is 15.0 Å². The Labute approximate surface area is 90.5 Å². The first kappa shape index (κ1) is 9.92. The summed E-state index contributed by atoms with van der Waals surface area (Å²) >= 11 is 5.77. The van der Waals surface area contributed by atoms with Crippen molar-refractivity contribution < 1.29 is 4.39 Å². The zero-order valence-corrected chi connectivity index (χ0v) is 8.66. The van der Waals surface area contributed by atoms with Crippen molar-refractivity contribution in [3.8, 4) is 11.3 Å². The molecule has 2 N–H and O–H groups in total. The van der Waals surface area contributed by atoms with Crippen LogP contribution in [0.5, 0.6) is 0 Å². The number of rotatable bonds is 1. The zero-order valence-electron chi connectivity index (χ0n) is 7.91. The van der Waals surface area contributed by atoms with E-state index in [2.05, 4.69) is 10.3 Å². The molecule has 0 spiro atoms. The van der Waals surface area contributed by atoms with Gasteiger partial charge in [-0.1, -0.05) is 16.8 Å². The molecule has 0 saturated carbocycles. The van der Waals surface area contributed by atoms with Gasteiger partial charge in [-0.2, -0.15) is 0 Å². The van der Waals surface area contributed by atoms with Crippen molar-refractivity contribution in [1.29, 1.82) is 0 Å². The molecule has 0 atom stereocenters. The fourth-order valence-corrected chi connectivity index (χ4v) is 1.54. The number of benzene rings is 1. The Morgan fingerprint density at radius 1 is 1.47 bits per heavy atom. The summed E-state index contributed by atoms with van der Waals surface area (Å²) in [4.78, 5) is 0. The van der Waals surface area contributed by atoms with Crippen LogP contribution < -0.4 is 5.73 Å². The summed E-state index contributed by atoms with van der Waals surface area (Å²) in [5, 5.41) is 7.62. The minimum absolute atomic E-state index is 0.186. The molecule has 0 aliphatic heterocycles. The van der Waals surface area contributed by atoms with Gasteiger partial charge in [0.15, 0.2) is 0 Å². The molecule has 0 bridgehead atoms. The molecule has 0 fully saturated rings. The number of nitrogens with zero attached hydrogens (tertiary/aromatic N) is 3. The molecule has 2 aromatic rings. The van der Waals surface area contributed by atoms with Crippen molar-refractivity contribution in [2.75, 3.05) is 5.73 Å². The van der Waals surface area contributed by atoms with Gasteiger partial charge in [0.1, 0.15) is 5.82 Å². The van der Waals surface area contributed by atoms with Gasteiger partial charge in [-0.05, 0) is 12.1 Å². The number of hydrogen-bond acceptors (Lipinski definition) is 3. The Bertz CT molecular complexity index is 509. The molecule has 0 aliphatic carbocycles. The Kier molecular flexibility index (Phi) is 2.32. The number of halogens is 2. The molecule has 1 aromatic heterocycles. The summed E-state index contributed by atoms with van der Waals surface area (Å²) in [6.07, 6.45) is 1.50. The van der Waals surface area contributed by atoms with E-state index in [-0.39, 0.29) is 5.02 Å². The van der Waals surface area contributed by atoms with Crippen molar-refractivity contribution >= 4 is 17.3 Å². The summed E-state index contributed by atoms with van der Waals surface area (Å²) in [7, 11) is 1.70. The Hall–Kier alpha value is -1.62. The number of nitrogen functional groups attached to an aromatic ring is 1. The van der Waals surface area contributed by atoms with E-state index in [1.807, 2.05) is 0 Å². The van der Waals surface area contributed by atoms with Gasteiger partial charge in [-0.25, -0.2) is 9.07 Å². The molecular weight excluding hydrogens is 219 g/mol. The first-order chi connectivity index (χ1) is 7.09. The molecule has 0 unspecified atom stereocenters. The first-order valence-electron chi connectivity index (χ1n) is 4.19. The minimum atomic E-state index is -0.439. The molecule has 0 saturated heterocycles. The van der Waals surface area contributed by atoms with E-state index in [0.29, 0.717) is 16.9 Å². The fraction of sp³-hybridized carbons (Fsp3) is 0.111. The number of hydrogen-bond donors (Lipinski definition) is 1. The Morgan fingerprint density at radius 2 is 2.20 bits per heavy atom. The number of anilines is 1.